The quantitative estimate of drug-likeness (QED) is 0.715. The topological polar surface area (TPSA) is 49.8 Å². The van der Waals surface area contributed by atoms with E-state index in [4.69, 9.17) is 4.74 Å². The van der Waals surface area contributed by atoms with Crippen molar-refractivity contribution in [3.05, 3.63) is 48.0 Å². The number of aliphatic hydroxyl groups excluding tert-OH is 1. The van der Waals surface area contributed by atoms with Crippen LogP contribution in [0.15, 0.2) is 42.5 Å². The van der Waals surface area contributed by atoms with Crippen LogP contribution in [0.5, 0.6) is 0 Å². The highest BCUT2D eigenvalue weighted by Crippen LogP contribution is 2.22. The normalized spacial score (nSPS) is 12.5. The molecule has 1 N–H and O–H groups in total. The maximum absolute atomic E-state index is 11.4. The molecule has 0 aliphatic heterocycles. The van der Waals surface area contributed by atoms with E-state index in [9.17, 15) is 9.90 Å². The molecule has 4 nitrogen and oxygen atoms in total. The van der Waals surface area contributed by atoms with E-state index in [1.165, 1.54) is 5.39 Å². The SMILES string of the molecule is CCOC(=O)CCN(CC)CCC(O)c1ccc2ccccc2c1. The average Bonchev–Trinajstić information content (AvgIpc) is 2.61. The number of fused-ring (bicyclic) bond motifs is 1. The van der Waals surface area contributed by atoms with Gasteiger partial charge in [-0.1, -0.05) is 43.3 Å². The molecule has 0 radical (unpaired) electrons. The third-order valence-corrected chi connectivity index (χ3v) is 4.26. The lowest BCUT2D eigenvalue weighted by molar-refractivity contribution is -0.143. The molecule has 0 aliphatic carbocycles. The maximum atomic E-state index is 11.4. The Bertz CT molecular complexity index is 656. The van der Waals surface area contributed by atoms with Gasteiger partial charge in [-0.05, 0) is 42.3 Å². The lowest BCUT2D eigenvalue weighted by atomic mass is 10.0. The molecule has 4 heteroatoms. The molecule has 0 spiro atoms. The smallest absolute Gasteiger partial charge is 0.307 e. The fourth-order valence-corrected chi connectivity index (χ4v) is 2.80. The zero-order valence-corrected chi connectivity index (χ0v) is 14.6. The predicted octanol–water partition coefficient (Wildman–Crippen LogP) is 3.54. The van der Waals surface area contributed by atoms with Gasteiger partial charge in [0.15, 0.2) is 0 Å². The molecule has 0 saturated carbocycles. The molecule has 1 unspecified atom stereocenters. The van der Waals surface area contributed by atoms with Crippen molar-refractivity contribution in [2.75, 3.05) is 26.2 Å². The van der Waals surface area contributed by atoms with Gasteiger partial charge in [0.2, 0.25) is 0 Å². The van der Waals surface area contributed by atoms with Crippen LogP contribution in [0.3, 0.4) is 0 Å². The Morgan fingerprint density at radius 2 is 1.88 bits per heavy atom. The number of rotatable bonds is 9. The Labute approximate surface area is 144 Å². The van der Waals surface area contributed by atoms with Crippen molar-refractivity contribution in [1.29, 1.82) is 0 Å². The van der Waals surface area contributed by atoms with E-state index in [2.05, 4.69) is 30.0 Å². The van der Waals surface area contributed by atoms with Gasteiger partial charge in [-0.3, -0.25) is 4.79 Å². The third-order valence-electron chi connectivity index (χ3n) is 4.26. The first-order valence-corrected chi connectivity index (χ1v) is 8.68. The van der Waals surface area contributed by atoms with E-state index in [-0.39, 0.29) is 5.97 Å². The zero-order valence-electron chi connectivity index (χ0n) is 14.6. The minimum atomic E-state index is -0.494. The van der Waals surface area contributed by atoms with Crippen LogP contribution in [-0.4, -0.2) is 42.2 Å². The minimum absolute atomic E-state index is 0.161. The highest BCUT2D eigenvalue weighted by molar-refractivity contribution is 5.83. The highest BCUT2D eigenvalue weighted by Gasteiger charge is 2.12. The second-order valence-corrected chi connectivity index (χ2v) is 5.90. The number of hydrogen-bond donors (Lipinski definition) is 1. The van der Waals surface area contributed by atoms with Gasteiger partial charge in [-0.25, -0.2) is 0 Å². The molecule has 130 valence electrons. The number of benzene rings is 2. The number of ether oxygens (including phenoxy) is 1. The molecule has 0 heterocycles. The lowest BCUT2D eigenvalue weighted by Gasteiger charge is -2.21. The van der Waals surface area contributed by atoms with Gasteiger partial charge in [0, 0.05) is 13.1 Å². The molecule has 0 aliphatic rings. The first kappa shape index (κ1) is 18.4. The van der Waals surface area contributed by atoms with Crippen molar-refractivity contribution in [2.45, 2.75) is 32.8 Å². The monoisotopic (exact) mass is 329 g/mol. The van der Waals surface area contributed by atoms with Gasteiger partial charge in [-0.15, -0.1) is 0 Å². The molecule has 1 atom stereocenters. The van der Waals surface area contributed by atoms with E-state index in [1.54, 1.807) is 0 Å². The molecule has 2 aromatic rings. The molecule has 24 heavy (non-hydrogen) atoms. The molecule has 0 amide bonds. The van der Waals surface area contributed by atoms with E-state index < -0.39 is 6.10 Å². The van der Waals surface area contributed by atoms with Gasteiger partial charge in [-0.2, -0.15) is 0 Å². The largest absolute Gasteiger partial charge is 0.466 e. The molecular formula is C20H27NO3. The standard InChI is InChI=1S/C20H27NO3/c1-3-21(14-12-20(23)24-4-2)13-11-19(22)18-10-9-16-7-5-6-8-17(16)15-18/h5-10,15,19,22H,3-4,11-14H2,1-2H3. The first-order valence-electron chi connectivity index (χ1n) is 8.68. The first-order chi connectivity index (χ1) is 11.6. The summed E-state index contributed by atoms with van der Waals surface area (Å²) in [4.78, 5) is 13.6. The van der Waals surface area contributed by atoms with Crippen LogP contribution >= 0.6 is 0 Å². The summed E-state index contributed by atoms with van der Waals surface area (Å²) >= 11 is 0. The summed E-state index contributed by atoms with van der Waals surface area (Å²) in [7, 11) is 0. The fraction of sp³-hybridized carbons (Fsp3) is 0.450. The summed E-state index contributed by atoms with van der Waals surface area (Å²) in [6.07, 6.45) is 0.550. The van der Waals surface area contributed by atoms with Crippen molar-refractivity contribution in [2.24, 2.45) is 0 Å². The predicted molar refractivity (Wildman–Crippen MR) is 96.9 cm³/mol. The second kappa shape index (κ2) is 9.40. The van der Waals surface area contributed by atoms with Crippen LogP contribution in [0.25, 0.3) is 10.8 Å². The van der Waals surface area contributed by atoms with Crippen molar-refractivity contribution < 1.29 is 14.6 Å². The maximum Gasteiger partial charge on any atom is 0.307 e. The number of carbonyl (C=O) groups excluding carboxylic acids is 1. The number of hydrogen-bond acceptors (Lipinski definition) is 4. The fourth-order valence-electron chi connectivity index (χ4n) is 2.80. The third kappa shape index (κ3) is 5.32. The molecule has 2 rings (SSSR count). The summed E-state index contributed by atoms with van der Waals surface area (Å²) < 4.78 is 4.96. The summed E-state index contributed by atoms with van der Waals surface area (Å²) in [5.41, 5.74) is 0.940. The van der Waals surface area contributed by atoms with E-state index in [0.717, 1.165) is 24.0 Å². The van der Waals surface area contributed by atoms with E-state index >= 15 is 0 Å². The average molecular weight is 329 g/mol. The van der Waals surface area contributed by atoms with Gasteiger partial charge in [0.05, 0.1) is 19.1 Å². The van der Waals surface area contributed by atoms with Crippen molar-refractivity contribution in [3.63, 3.8) is 0 Å². The summed E-state index contributed by atoms with van der Waals surface area (Å²) in [6.45, 7) is 6.57. The molecule has 0 saturated heterocycles. The van der Waals surface area contributed by atoms with Crippen LogP contribution in [0.4, 0.5) is 0 Å². The summed E-state index contributed by atoms with van der Waals surface area (Å²) in [6, 6.07) is 14.2. The Balaban J connectivity index is 1.87. The number of nitrogens with zero attached hydrogens (tertiary/aromatic N) is 1. The highest BCUT2D eigenvalue weighted by atomic mass is 16.5. The zero-order chi connectivity index (χ0) is 17.4. The lowest BCUT2D eigenvalue weighted by Crippen LogP contribution is -2.28. The summed E-state index contributed by atoms with van der Waals surface area (Å²) in [5.74, 6) is -0.161. The van der Waals surface area contributed by atoms with Gasteiger partial charge in [0.25, 0.3) is 0 Å². The Morgan fingerprint density at radius 1 is 1.12 bits per heavy atom. The molecule has 2 aromatic carbocycles. The van der Waals surface area contributed by atoms with Crippen LogP contribution < -0.4 is 0 Å². The number of esters is 1. The molecule has 0 aromatic heterocycles. The molecule has 0 bridgehead atoms. The van der Waals surface area contributed by atoms with Crippen LogP contribution in [0.1, 0.15) is 38.4 Å². The van der Waals surface area contributed by atoms with E-state index in [1.807, 2.05) is 31.2 Å². The van der Waals surface area contributed by atoms with Gasteiger partial charge < -0.3 is 14.7 Å². The number of aliphatic hydroxyl groups is 1. The Hall–Kier alpha value is -1.91. The number of carbonyl (C=O) groups is 1. The van der Waals surface area contributed by atoms with Crippen molar-refractivity contribution in [3.8, 4) is 0 Å². The van der Waals surface area contributed by atoms with Crippen molar-refractivity contribution in [1.82, 2.24) is 4.90 Å². The van der Waals surface area contributed by atoms with Crippen molar-refractivity contribution >= 4 is 16.7 Å². The Morgan fingerprint density at radius 3 is 2.58 bits per heavy atom. The van der Waals surface area contributed by atoms with E-state index in [0.29, 0.717) is 26.0 Å². The van der Waals surface area contributed by atoms with Gasteiger partial charge in [0.1, 0.15) is 0 Å². The minimum Gasteiger partial charge on any atom is -0.466 e. The second-order valence-electron chi connectivity index (χ2n) is 5.90. The molecular weight excluding hydrogens is 302 g/mol. The van der Waals surface area contributed by atoms with Crippen LogP contribution in [-0.2, 0) is 9.53 Å². The van der Waals surface area contributed by atoms with Crippen LogP contribution in [0.2, 0.25) is 0 Å². The van der Waals surface area contributed by atoms with Gasteiger partial charge >= 0.3 is 5.97 Å². The van der Waals surface area contributed by atoms with Crippen LogP contribution in [0, 0.1) is 0 Å². The summed E-state index contributed by atoms with van der Waals surface area (Å²) in [5, 5.41) is 12.8. The molecule has 0 fully saturated rings. The Kier molecular flexibility index (Phi) is 7.22.